The Morgan fingerprint density at radius 1 is 1.07 bits per heavy atom. The number of hydrogen-bond donors (Lipinski definition) is 0. The van der Waals surface area contributed by atoms with Crippen molar-refractivity contribution in [1.29, 1.82) is 0 Å². The lowest BCUT2D eigenvalue weighted by Gasteiger charge is -2.35. The lowest BCUT2D eigenvalue weighted by molar-refractivity contribution is -0.119. The smallest absolute Gasteiger partial charge is 0.132 e. The van der Waals surface area contributed by atoms with Gasteiger partial charge in [-0.3, -0.25) is 4.79 Å². The Labute approximate surface area is 170 Å². The number of carbonyl (C=O) groups excluding carboxylic acids is 1. The lowest BCUT2D eigenvalue weighted by Crippen LogP contribution is -2.35. The number of ketones is 1. The molecule has 3 aliphatic rings. The maximum Gasteiger partial charge on any atom is 0.132 e. The van der Waals surface area contributed by atoms with E-state index in [0.29, 0.717) is 18.1 Å². The first-order valence-electron chi connectivity index (χ1n) is 11.7. The number of Topliss-reactive ketones (excluding diaryl/α,β-unsaturated/α-hetero) is 1. The molecule has 3 heteroatoms. The highest BCUT2D eigenvalue weighted by Gasteiger charge is 2.27. The van der Waals surface area contributed by atoms with Gasteiger partial charge in [0, 0.05) is 24.8 Å². The van der Waals surface area contributed by atoms with Crippen LogP contribution in [0.15, 0.2) is 18.2 Å². The molecular formula is C25H37NO2. The van der Waals surface area contributed by atoms with Gasteiger partial charge in [0.25, 0.3) is 0 Å². The zero-order chi connectivity index (χ0) is 19.3. The largest absolute Gasteiger partial charge is 0.493 e. The summed E-state index contributed by atoms with van der Waals surface area (Å²) in [4.78, 5) is 14.4. The molecule has 1 aliphatic carbocycles. The third-order valence-corrected chi connectivity index (χ3v) is 7.54. The van der Waals surface area contributed by atoms with Crippen molar-refractivity contribution in [2.45, 2.75) is 77.0 Å². The van der Waals surface area contributed by atoms with Crippen LogP contribution < -0.4 is 4.74 Å². The van der Waals surface area contributed by atoms with Gasteiger partial charge in [-0.2, -0.15) is 0 Å². The zero-order valence-electron chi connectivity index (χ0n) is 17.6. The van der Waals surface area contributed by atoms with Crippen LogP contribution in [0.25, 0.3) is 0 Å². The second-order valence-electron chi connectivity index (χ2n) is 9.31. The summed E-state index contributed by atoms with van der Waals surface area (Å²) in [5, 5.41) is 0. The van der Waals surface area contributed by atoms with Crippen LogP contribution in [0.5, 0.6) is 5.75 Å². The van der Waals surface area contributed by atoms with Gasteiger partial charge in [-0.1, -0.05) is 31.9 Å². The fourth-order valence-corrected chi connectivity index (χ4v) is 5.65. The van der Waals surface area contributed by atoms with Crippen molar-refractivity contribution >= 4 is 5.78 Å². The van der Waals surface area contributed by atoms with Crippen molar-refractivity contribution in [2.75, 3.05) is 26.2 Å². The Morgan fingerprint density at radius 3 is 2.57 bits per heavy atom. The van der Waals surface area contributed by atoms with Crippen LogP contribution in [0.1, 0.15) is 81.8 Å². The summed E-state index contributed by atoms with van der Waals surface area (Å²) in [5.41, 5.74) is 3.05. The first kappa shape index (κ1) is 19.9. The summed E-state index contributed by atoms with van der Waals surface area (Å²) in [6.45, 7) is 6.62. The number of rotatable bonds is 7. The van der Waals surface area contributed by atoms with Crippen LogP contribution >= 0.6 is 0 Å². The molecule has 1 aromatic carbocycles. The molecule has 0 spiro atoms. The normalized spacial score (nSPS) is 26.0. The van der Waals surface area contributed by atoms with Gasteiger partial charge in [0.2, 0.25) is 0 Å². The molecule has 2 heterocycles. The topological polar surface area (TPSA) is 29.5 Å². The predicted molar refractivity (Wildman–Crippen MR) is 114 cm³/mol. The van der Waals surface area contributed by atoms with Crippen molar-refractivity contribution in [1.82, 2.24) is 4.90 Å². The fraction of sp³-hybridized carbons (Fsp3) is 0.720. The third-order valence-electron chi connectivity index (χ3n) is 7.54. The SMILES string of the molecule is CCC(=O)CC1CCC(CCN2CCC(c3cccc4c3CCO4)CC2)CC1. The van der Waals surface area contributed by atoms with Gasteiger partial charge >= 0.3 is 0 Å². The number of likely N-dealkylation sites (tertiary alicyclic amines) is 1. The minimum absolute atomic E-state index is 0.460. The molecule has 0 N–H and O–H groups in total. The standard InChI is InChI=1S/C25H37NO2/c1-2-22(27)18-20-8-6-19(7-9-20)10-14-26-15-11-21(12-16-26)23-4-3-5-25-24(23)13-17-28-25/h3-5,19-21H,2,6-18H2,1H3. The van der Waals surface area contributed by atoms with E-state index in [0.717, 1.165) is 37.0 Å². The van der Waals surface area contributed by atoms with Gasteiger partial charge in [-0.15, -0.1) is 0 Å². The van der Waals surface area contributed by atoms with E-state index in [1.165, 1.54) is 70.1 Å². The molecule has 1 saturated heterocycles. The van der Waals surface area contributed by atoms with E-state index in [-0.39, 0.29) is 0 Å². The van der Waals surface area contributed by atoms with E-state index < -0.39 is 0 Å². The minimum Gasteiger partial charge on any atom is -0.493 e. The summed E-state index contributed by atoms with van der Waals surface area (Å²) in [7, 11) is 0. The Hall–Kier alpha value is -1.35. The van der Waals surface area contributed by atoms with Crippen LogP contribution in [0.3, 0.4) is 0 Å². The molecule has 0 amide bonds. The maximum absolute atomic E-state index is 11.7. The average molecular weight is 384 g/mol. The number of ether oxygens (including phenoxy) is 1. The Bertz CT molecular complexity index is 655. The molecule has 1 aromatic rings. The predicted octanol–water partition coefficient (Wildman–Crippen LogP) is 5.37. The second kappa shape index (κ2) is 9.43. The van der Waals surface area contributed by atoms with Crippen molar-refractivity contribution < 1.29 is 9.53 Å². The highest BCUT2D eigenvalue weighted by molar-refractivity contribution is 5.78. The molecule has 1 saturated carbocycles. The van der Waals surface area contributed by atoms with Crippen LogP contribution in [0.4, 0.5) is 0 Å². The summed E-state index contributed by atoms with van der Waals surface area (Å²) < 4.78 is 5.76. The van der Waals surface area contributed by atoms with Crippen LogP contribution in [0, 0.1) is 11.8 Å². The Balaban J connectivity index is 1.18. The maximum atomic E-state index is 11.7. The molecule has 0 aromatic heterocycles. The number of piperidine rings is 1. The highest BCUT2D eigenvalue weighted by Crippen LogP contribution is 2.37. The molecule has 0 radical (unpaired) electrons. The third kappa shape index (κ3) is 4.79. The van der Waals surface area contributed by atoms with Crippen molar-refractivity contribution in [3.8, 4) is 5.75 Å². The van der Waals surface area contributed by atoms with Gasteiger partial charge in [0.1, 0.15) is 11.5 Å². The number of carbonyl (C=O) groups is 1. The summed E-state index contributed by atoms with van der Waals surface area (Å²) in [6, 6.07) is 6.65. The van der Waals surface area contributed by atoms with Crippen LogP contribution in [-0.4, -0.2) is 36.9 Å². The Morgan fingerprint density at radius 2 is 1.82 bits per heavy atom. The van der Waals surface area contributed by atoms with E-state index in [9.17, 15) is 4.79 Å². The molecule has 3 nitrogen and oxygen atoms in total. The van der Waals surface area contributed by atoms with E-state index in [1.54, 1.807) is 5.56 Å². The zero-order valence-corrected chi connectivity index (χ0v) is 17.6. The number of nitrogens with zero attached hydrogens (tertiary/aromatic N) is 1. The first-order valence-corrected chi connectivity index (χ1v) is 11.7. The molecule has 0 bridgehead atoms. The van der Waals surface area contributed by atoms with Crippen LogP contribution in [-0.2, 0) is 11.2 Å². The monoisotopic (exact) mass is 383 g/mol. The molecular weight excluding hydrogens is 346 g/mol. The van der Waals surface area contributed by atoms with Crippen LogP contribution in [0.2, 0.25) is 0 Å². The fourth-order valence-electron chi connectivity index (χ4n) is 5.65. The molecule has 0 atom stereocenters. The minimum atomic E-state index is 0.460. The summed E-state index contributed by atoms with van der Waals surface area (Å²) >= 11 is 0. The van der Waals surface area contributed by atoms with E-state index in [1.807, 2.05) is 6.92 Å². The van der Waals surface area contributed by atoms with Gasteiger partial charge in [0.15, 0.2) is 0 Å². The van der Waals surface area contributed by atoms with E-state index in [2.05, 4.69) is 23.1 Å². The van der Waals surface area contributed by atoms with Gasteiger partial charge in [-0.25, -0.2) is 0 Å². The molecule has 2 fully saturated rings. The second-order valence-corrected chi connectivity index (χ2v) is 9.31. The molecule has 2 aliphatic heterocycles. The highest BCUT2D eigenvalue weighted by atomic mass is 16.5. The molecule has 28 heavy (non-hydrogen) atoms. The number of hydrogen-bond acceptors (Lipinski definition) is 3. The molecule has 0 unspecified atom stereocenters. The number of benzene rings is 1. The van der Waals surface area contributed by atoms with Crippen molar-refractivity contribution in [2.24, 2.45) is 11.8 Å². The first-order chi connectivity index (χ1) is 13.7. The molecule has 4 rings (SSSR count). The lowest BCUT2D eigenvalue weighted by atomic mass is 9.78. The average Bonchev–Trinajstić information content (AvgIpc) is 3.22. The van der Waals surface area contributed by atoms with E-state index in [4.69, 9.17) is 4.74 Å². The summed E-state index contributed by atoms with van der Waals surface area (Å²) in [6.07, 6.45) is 11.8. The number of fused-ring (bicyclic) bond motifs is 1. The van der Waals surface area contributed by atoms with Crippen molar-refractivity contribution in [3.63, 3.8) is 0 Å². The van der Waals surface area contributed by atoms with Crippen molar-refractivity contribution in [3.05, 3.63) is 29.3 Å². The van der Waals surface area contributed by atoms with E-state index >= 15 is 0 Å². The Kier molecular flexibility index (Phi) is 6.72. The quantitative estimate of drug-likeness (QED) is 0.634. The molecule has 154 valence electrons. The van der Waals surface area contributed by atoms with Gasteiger partial charge in [-0.05, 0) is 81.1 Å². The van der Waals surface area contributed by atoms with Gasteiger partial charge < -0.3 is 9.64 Å². The van der Waals surface area contributed by atoms with Gasteiger partial charge in [0.05, 0.1) is 6.61 Å². The summed E-state index contributed by atoms with van der Waals surface area (Å²) in [5.74, 6) is 3.88.